The summed E-state index contributed by atoms with van der Waals surface area (Å²) in [6, 6.07) is 7.03. The van der Waals surface area contributed by atoms with E-state index in [-0.39, 0.29) is 12.3 Å². The van der Waals surface area contributed by atoms with Gasteiger partial charge in [0.05, 0.1) is 7.11 Å². The second kappa shape index (κ2) is 6.16. The fraction of sp³-hybridized carbons (Fsp3) is 0.308. The van der Waals surface area contributed by atoms with E-state index in [1.165, 1.54) is 4.68 Å². The molecule has 0 aliphatic heterocycles. The normalized spacial score (nSPS) is 10.5. The maximum Gasteiger partial charge on any atom is 0.358 e. The number of nitrogens with zero attached hydrogens (tertiary/aromatic N) is 3. The molecule has 7 heteroatoms. The van der Waals surface area contributed by atoms with Gasteiger partial charge in [-0.05, 0) is 18.6 Å². The Labute approximate surface area is 115 Å². The van der Waals surface area contributed by atoms with Crippen molar-refractivity contribution in [3.8, 4) is 17.0 Å². The van der Waals surface area contributed by atoms with Crippen LogP contribution < -0.4 is 4.74 Å². The number of aromatic nitrogens is 3. The van der Waals surface area contributed by atoms with Crippen molar-refractivity contribution in [2.75, 3.05) is 13.7 Å². The molecule has 0 aliphatic carbocycles. The van der Waals surface area contributed by atoms with Crippen molar-refractivity contribution in [3.05, 3.63) is 30.0 Å². The number of carboxylic acid groups (broad SMARTS) is 1. The molecule has 1 aromatic heterocycles. The van der Waals surface area contributed by atoms with Gasteiger partial charge >= 0.3 is 5.97 Å². The highest BCUT2D eigenvalue weighted by molar-refractivity contribution is 5.92. The van der Waals surface area contributed by atoms with E-state index in [9.17, 15) is 9.90 Å². The predicted molar refractivity (Wildman–Crippen MR) is 70.7 cm³/mol. The molecule has 0 amide bonds. The minimum Gasteiger partial charge on any atom is -0.497 e. The molecule has 0 radical (unpaired) electrons. The van der Waals surface area contributed by atoms with Crippen LogP contribution in [-0.4, -0.2) is 44.9 Å². The fourth-order valence-corrected chi connectivity index (χ4v) is 1.89. The summed E-state index contributed by atoms with van der Waals surface area (Å²) in [6.07, 6.45) is 0.472. The van der Waals surface area contributed by atoms with E-state index in [1.54, 1.807) is 31.4 Å². The Morgan fingerprint density at radius 2 is 2.25 bits per heavy atom. The third-order valence-electron chi connectivity index (χ3n) is 2.81. The molecule has 1 heterocycles. The molecule has 20 heavy (non-hydrogen) atoms. The first-order chi connectivity index (χ1) is 9.67. The maximum atomic E-state index is 11.2. The molecule has 1 aromatic carbocycles. The molecule has 7 nitrogen and oxygen atoms in total. The van der Waals surface area contributed by atoms with Gasteiger partial charge in [0.25, 0.3) is 0 Å². The van der Waals surface area contributed by atoms with E-state index >= 15 is 0 Å². The maximum absolute atomic E-state index is 11.2. The van der Waals surface area contributed by atoms with E-state index in [1.807, 2.05) is 0 Å². The molecule has 0 fully saturated rings. The first-order valence-electron chi connectivity index (χ1n) is 6.09. The largest absolute Gasteiger partial charge is 0.497 e. The number of aryl methyl sites for hydroxylation is 1. The highest BCUT2D eigenvalue weighted by Crippen LogP contribution is 2.26. The molecule has 2 aromatic rings. The van der Waals surface area contributed by atoms with Gasteiger partial charge in [0.15, 0.2) is 5.69 Å². The molecular formula is C13H15N3O4. The lowest BCUT2D eigenvalue weighted by atomic mass is 10.1. The van der Waals surface area contributed by atoms with E-state index in [4.69, 9.17) is 9.84 Å². The van der Waals surface area contributed by atoms with Crippen LogP contribution >= 0.6 is 0 Å². The zero-order valence-corrected chi connectivity index (χ0v) is 11.0. The monoisotopic (exact) mass is 277 g/mol. The van der Waals surface area contributed by atoms with E-state index in [0.717, 1.165) is 0 Å². The number of methoxy groups -OCH3 is 1. The van der Waals surface area contributed by atoms with Crippen molar-refractivity contribution in [1.82, 2.24) is 15.0 Å². The molecule has 2 rings (SSSR count). The van der Waals surface area contributed by atoms with Crippen molar-refractivity contribution in [3.63, 3.8) is 0 Å². The molecule has 0 atom stereocenters. The molecule has 0 unspecified atom stereocenters. The summed E-state index contributed by atoms with van der Waals surface area (Å²) < 4.78 is 6.62. The lowest BCUT2D eigenvalue weighted by molar-refractivity contribution is 0.0691. The Morgan fingerprint density at radius 3 is 2.90 bits per heavy atom. The van der Waals surface area contributed by atoms with Crippen molar-refractivity contribution in [2.45, 2.75) is 13.0 Å². The van der Waals surface area contributed by atoms with Gasteiger partial charge in [0.2, 0.25) is 0 Å². The zero-order chi connectivity index (χ0) is 14.5. The van der Waals surface area contributed by atoms with Crippen LogP contribution in [0.2, 0.25) is 0 Å². The second-order valence-corrected chi connectivity index (χ2v) is 4.12. The Balaban J connectivity index is 2.50. The SMILES string of the molecule is COc1cccc(-c2c(C(=O)O)nnn2CCCO)c1. The van der Waals surface area contributed by atoms with Crippen LogP contribution in [0.1, 0.15) is 16.9 Å². The number of hydrogen-bond acceptors (Lipinski definition) is 5. The lowest BCUT2D eigenvalue weighted by Crippen LogP contribution is -2.06. The van der Waals surface area contributed by atoms with Gasteiger partial charge in [-0.3, -0.25) is 0 Å². The first-order valence-corrected chi connectivity index (χ1v) is 6.09. The van der Waals surface area contributed by atoms with E-state index < -0.39 is 5.97 Å². The Bertz CT molecular complexity index is 609. The standard InChI is InChI=1S/C13H15N3O4/c1-20-10-5-2-4-9(8-10)12-11(13(18)19)14-15-16(12)6-3-7-17/h2,4-5,8,17H,3,6-7H2,1H3,(H,18,19). The van der Waals surface area contributed by atoms with Crippen LogP contribution in [-0.2, 0) is 6.54 Å². The van der Waals surface area contributed by atoms with Gasteiger partial charge in [-0.2, -0.15) is 0 Å². The summed E-state index contributed by atoms with van der Waals surface area (Å²) in [5, 5.41) is 25.6. The Kier molecular flexibility index (Phi) is 4.31. The average Bonchev–Trinajstić information content (AvgIpc) is 2.89. The van der Waals surface area contributed by atoms with Crippen molar-refractivity contribution in [1.29, 1.82) is 0 Å². The number of carbonyl (C=O) groups is 1. The number of hydrogen-bond donors (Lipinski definition) is 2. The van der Waals surface area contributed by atoms with Gasteiger partial charge in [0, 0.05) is 18.7 Å². The van der Waals surface area contributed by atoms with Gasteiger partial charge in [0.1, 0.15) is 11.4 Å². The van der Waals surface area contributed by atoms with Crippen LogP contribution in [0.5, 0.6) is 5.75 Å². The van der Waals surface area contributed by atoms with Crippen LogP contribution in [0, 0.1) is 0 Å². The zero-order valence-electron chi connectivity index (χ0n) is 11.0. The molecule has 2 N–H and O–H groups in total. The number of aliphatic hydroxyl groups excluding tert-OH is 1. The van der Waals surface area contributed by atoms with Crippen LogP contribution in [0.25, 0.3) is 11.3 Å². The summed E-state index contributed by atoms with van der Waals surface area (Å²) in [5.41, 5.74) is 0.950. The van der Waals surface area contributed by atoms with Crippen molar-refractivity contribution >= 4 is 5.97 Å². The highest BCUT2D eigenvalue weighted by Gasteiger charge is 2.20. The number of carboxylic acids is 1. The molecule has 0 aliphatic rings. The molecule has 0 saturated carbocycles. The minimum absolute atomic E-state index is 0.000183. The highest BCUT2D eigenvalue weighted by atomic mass is 16.5. The van der Waals surface area contributed by atoms with Crippen molar-refractivity contribution in [2.24, 2.45) is 0 Å². The molecular weight excluding hydrogens is 262 g/mol. The number of rotatable bonds is 6. The van der Waals surface area contributed by atoms with Gasteiger partial charge in [-0.1, -0.05) is 17.3 Å². The molecule has 106 valence electrons. The minimum atomic E-state index is -1.14. The van der Waals surface area contributed by atoms with Gasteiger partial charge < -0.3 is 14.9 Å². The summed E-state index contributed by atoms with van der Waals surface area (Å²) in [5.74, 6) is -0.521. The summed E-state index contributed by atoms with van der Waals surface area (Å²) in [4.78, 5) is 11.2. The Morgan fingerprint density at radius 1 is 1.45 bits per heavy atom. The smallest absolute Gasteiger partial charge is 0.358 e. The topological polar surface area (TPSA) is 97.5 Å². The van der Waals surface area contributed by atoms with E-state index in [2.05, 4.69) is 10.3 Å². The van der Waals surface area contributed by atoms with Crippen LogP contribution in [0.15, 0.2) is 24.3 Å². The number of ether oxygens (including phenoxy) is 1. The first kappa shape index (κ1) is 14.0. The van der Waals surface area contributed by atoms with E-state index in [0.29, 0.717) is 30.0 Å². The number of aliphatic hydroxyl groups is 1. The number of aromatic carboxylic acids is 1. The summed E-state index contributed by atoms with van der Waals surface area (Å²) in [7, 11) is 1.54. The van der Waals surface area contributed by atoms with Crippen LogP contribution in [0.4, 0.5) is 0 Å². The third-order valence-corrected chi connectivity index (χ3v) is 2.81. The van der Waals surface area contributed by atoms with Crippen LogP contribution in [0.3, 0.4) is 0 Å². The van der Waals surface area contributed by atoms with Crippen molar-refractivity contribution < 1.29 is 19.7 Å². The summed E-state index contributed by atoms with van der Waals surface area (Å²) >= 11 is 0. The number of benzene rings is 1. The predicted octanol–water partition coefficient (Wildman–Crippen LogP) is 1.03. The second-order valence-electron chi connectivity index (χ2n) is 4.12. The Hall–Kier alpha value is -2.41. The molecule has 0 saturated heterocycles. The summed E-state index contributed by atoms with van der Waals surface area (Å²) in [6.45, 7) is 0.392. The quantitative estimate of drug-likeness (QED) is 0.818. The third kappa shape index (κ3) is 2.77. The van der Waals surface area contributed by atoms with Gasteiger partial charge in [-0.25, -0.2) is 9.48 Å². The fourth-order valence-electron chi connectivity index (χ4n) is 1.89. The lowest BCUT2D eigenvalue weighted by Gasteiger charge is -2.08. The molecule has 0 bridgehead atoms. The molecule has 0 spiro atoms. The average molecular weight is 277 g/mol. The van der Waals surface area contributed by atoms with Gasteiger partial charge in [-0.15, -0.1) is 5.10 Å².